The minimum absolute atomic E-state index is 0.146. The van der Waals surface area contributed by atoms with E-state index in [2.05, 4.69) is 0 Å². The fraction of sp³-hybridized carbons (Fsp3) is 0.500. The molecule has 0 unspecified atom stereocenters. The van der Waals surface area contributed by atoms with Crippen LogP contribution < -0.4 is 0 Å². The molecule has 23 heavy (non-hydrogen) atoms. The molecule has 0 N–H and O–H groups in total. The molecule has 122 valence electrons. The third-order valence-corrected chi connectivity index (χ3v) is 4.83. The number of carbonyl (C=O) groups is 3. The Kier molecular flexibility index (Phi) is 4.46. The molecule has 1 aliphatic carbocycles. The van der Waals surface area contributed by atoms with Crippen LogP contribution in [-0.4, -0.2) is 28.7 Å². The molecule has 1 aliphatic heterocycles. The van der Waals surface area contributed by atoms with E-state index in [9.17, 15) is 14.4 Å². The Morgan fingerprint density at radius 2 is 1.70 bits per heavy atom. The Balaban J connectivity index is 1.65. The van der Waals surface area contributed by atoms with Crippen LogP contribution in [0, 0.1) is 11.8 Å². The number of rotatable bonds is 4. The number of ether oxygens (including phenoxy) is 1. The summed E-state index contributed by atoms with van der Waals surface area (Å²) in [4.78, 5) is 38.3. The minimum atomic E-state index is -0.857. The summed E-state index contributed by atoms with van der Waals surface area (Å²) in [5.41, 5.74) is 0.876. The predicted molar refractivity (Wildman–Crippen MR) is 83.0 cm³/mol. The number of benzene rings is 1. The molecule has 1 heterocycles. The molecular formula is C18H21NO4. The maximum Gasteiger partial charge on any atom is 0.329 e. The van der Waals surface area contributed by atoms with Crippen molar-refractivity contribution in [2.45, 2.75) is 45.3 Å². The number of esters is 1. The van der Waals surface area contributed by atoms with Crippen molar-refractivity contribution in [1.29, 1.82) is 0 Å². The van der Waals surface area contributed by atoms with Crippen LogP contribution in [0.25, 0.3) is 0 Å². The highest BCUT2D eigenvalue weighted by Gasteiger charge is 2.51. The zero-order chi connectivity index (χ0) is 16.4. The zero-order valence-electron chi connectivity index (χ0n) is 13.2. The van der Waals surface area contributed by atoms with E-state index in [4.69, 9.17) is 4.74 Å². The van der Waals surface area contributed by atoms with Gasteiger partial charge in [0.05, 0.1) is 11.8 Å². The first kappa shape index (κ1) is 15.7. The predicted octanol–water partition coefficient (Wildman–Crippen LogP) is 2.29. The molecular weight excluding hydrogens is 294 g/mol. The van der Waals surface area contributed by atoms with E-state index in [-0.39, 0.29) is 30.3 Å². The first-order chi connectivity index (χ1) is 11.1. The van der Waals surface area contributed by atoms with Gasteiger partial charge in [-0.2, -0.15) is 0 Å². The van der Waals surface area contributed by atoms with Gasteiger partial charge in [-0.15, -0.1) is 0 Å². The molecule has 2 amide bonds. The molecule has 0 radical (unpaired) electrons. The highest BCUT2D eigenvalue weighted by molar-refractivity contribution is 6.07. The van der Waals surface area contributed by atoms with Crippen molar-refractivity contribution in [2.75, 3.05) is 0 Å². The lowest BCUT2D eigenvalue weighted by molar-refractivity contribution is -0.159. The summed E-state index contributed by atoms with van der Waals surface area (Å²) in [6, 6.07) is 8.48. The summed E-state index contributed by atoms with van der Waals surface area (Å²) < 4.78 is 5.27. The third kappa shape index (κ3) is 3.00. The number of hydrogen-bond donors (Lipinski definition) is 0. The quantitative estimate of drug-likeness (QED) is 0.632. The van der Waals surface area contributed by atoms with Crippen LogP contribution in [0.5, 0.6) is 0 Å². The molecule has 5 heteroatoms. The van der Waals surface area contributed by atoms with Gasteiger partial charge < -0.3 is 4.74 Å². The Morgan fingerprint density at radius 1 is 1.13 bits per heavy atom. The Bertz CT molecular complexity index is 589. The standard InChI is InChI=1S/C18H21NO4/c1-12(18(22)23-11-13-7-3-2-4-8-13)19-16(20)14-9-5-6-10-15(14)17(19)21/h2-4,7-8,12,14-15H,5-6,9-11H2,1H3/t12-,14-,15-/m0/s1. The molecule has 1 aromatic rings. The van der Waals surface area contributed by atoms with Crippen molar-refractivity contribution in [2.24, 2.45) is 11.8 Å². The normalized spacial score (nSPS) is 25.2. The molecule has 5 nitrogen and oxygen atoms in total. The van der Waals surface area contributed by atoms with Crippen LogP contribution in [0.1, 0.15) is 38.2 Å². The van der Waals surface area contributed by atoms with Crippen LogP contribution >= 0.6 is 0 Å². The third-order valence-electron chi connectivity index (χ3n) is 4.83. The smallest absolute Gasteiger partial charge is 0.329 e. The fourth-order valence-electron chi connectivity index (χ4n) is 3.52. The van der Waals surface area contributed by atoms with Gasteiger partial charge in [-0.3, -0.25) is 14.5 Å². The highest BCUT2D eigenvalue weighted by atomic mass is 16.5. The summed E-state index contributed by atoms with van der Waals surface area (Å²) >= 11 is 0. The van der Waals surface area contributed by atoms with E-state index in [1.165, 1.54) is 0 Å². The van der Waals surface area contributed by atoms with Crippen molar-refractivity contribution in [3.8, 4) is 0 Å². The van der Waals surface area contributed by atoms with Gasteiger partial charge in [-0.05, 0) is 25.3 Å². The fourth-order valence-corrected chi connectivity index (χ4v) is 3.52. The summed E-state index contributed by atoms with van der Waals surface area (Å²) in [7, 11) is 0. The van der Waals surface area contributed by atoms with Gasteiger partial charge in [0.25, 0.3) is 0 Å². The van der Waals surface area contributed by atoms with Crippen LogP contribution in [0.2, 0.25) is 0 Å². The van der Waals surface area contributed by atoms with Gasteiger partial charge in [0, 0.05) is 0 Å². The molecule has 3 rings (SSSR count). The Morgan fingerprint density at radius 3 is 2.26 bits per heavy atom. The Labute approximate surface area is 135 Å². The van der Waals surface area contributed by atoms with Crippen molar-refractivity contribution in [3.05, 3.63) is 35.9 Å². The van der Waals surface area contributed by atoms with E-state index in [1.54, 1.807) is 6.92 Å². The number of carbonyl (C=O) groups excluding carboxylic acids is 3. The van der Waals surface area contributed by atoms with Gasteiger partial charge in [0.2, 0.25) is 11.8 Å². The number of amides is 2. The highest BCUT2D eigenvalue weighted by Crippen LogP contribution is 2.38. The average Bonchev–Trinajstić information content (AvgIpc) is 2.84. The van der Waals surface area contributed by atoms with Gasteiger partial charge in [0.1, 0.15) is 12.6 Å². The second-order valence-electron chi connectivity index (χ2n) is 6.31. The number of hydrogen-bond acceptors (Lipinski definition) is 4. The summed E-state index contributed by atoms with van der Waals surface area (Å²) in [6.45, 7) is 1.72. The van der Waals surface area contributed by atoms with E-state index >= 15 is 0 Å². The molecule has 0 bridgehead atoms. The average molecular weight is 315 g/mol. The van der Waals surface area contributed by atoms with Crippen molar-refractivity contribution in [1.82, 2.24) is 4.90 Å². The van der Waals surface area contributed by atoms with Gasteiger partial charge >= 0.3 is 5.97 Å². The van der Waals surface area contributed by atoms with Crippen molar-refractivity contribution in [3.63, 3.8) is 0 Å². The number of likely N-dealkylation sites (tertiary alicyclic amines) is 1. The second kappa shape index (κ2) is 6.52. The van der Waals surface area contributed by atoms with E-state index in [1.807, 2.05) is 30.3 Å². The number of nitrogens with zero attached hydrogens (tertiary/aromatic N) is 1. The first-order valence-electron chi connectivity index (χ1n) is 8.17. The number of imide groups is 1. The van der Waals surface area contributed by atoms with Gasteiger partial charge in [0.15, 0.2) is 0 Å². The minimum Gasteiger partial charge on any atom is -0.459 e. The summed E-state index contributed by atoms with van der Waals surface area (Å²) in [6.07, 6.45) is 3.44. The largest absolute Gasteiger partial charge is 0.459 e. The molecule has 3 atom stereocenters. The maximum absolute atomic E-state index is 12.5. The molecule has 1 aromatic carbocycles. The van der Waals surface area contributed by atoms with Crippen LogP contribution in [-0.2, 0) is 25.7 Å². The summed E-state index contributed by atoms with van der Waals surface area (Å²) in [5.74, 6) is -1.41. The molecule has 1 saturated carbocycles. The second-order valence-corrected chi connectivity index (χ2v) is 6.31. The van der Waals surface area contributed by atoms with Crippen molar-refractivity contribution >= 4 is 17.8 Å². The van der Waals surface area contributed by atoms with Gasteiger partial charge in [-0.25, -0.2) is 4.79 Å². The lowest BCUT2D eigenvalue weighted by Gasteiger charge is -2.21. The lowest BCUT2D eigenvalue weighted by Crippen LogP contribution is -2.44. The lowest BCUT2D eigenvalue weighted by atomic mass is 9.81. The number of fused-ring (bicyclic) bond motifs is 1. The van der Waals surface area contributed by atoms with Crippen LogP contribution in [0.15, 0.2) is 30.3 Å². The monoisotopic (exact) mass is 315 g/mol. The molecule has 2 aliphatic rings. The SMILES string of the molecule is C[C@@H](C(=O)OCc1ccccc1)N1C(=O)[C@H]2CCCC[C@@H]2C1=O. The molecule has 0 aromatic heterocycles. The van der Waals surface area contributed by atoms with E-state index in [0.29, 0.717) is 0 Å². The van der Waals surface area contributed by atoms with E-state index in [0.717, 1.165) is 36.1 Å². The topological polar surface area (TPSA) is 63.7 Å². The molecule has 2 fully saturated rings. The van der Waals surface area contributed by atoms with Crippen molar-refractivity contribution < 1.29 is 19.1 Å². The van der Waals surface area contributed by atoms with Crippen LogP contribution in [0.3, 0.4) is 0 Å². The van der Waals surface area contributed by atoms with Gasteiger partial charge in [-0.1, -0.05) is 43.2 Å². The molecule has 1 saturated heterocycles. The first-order valence-corrected chi connectivity index (χ1v) is 8.17. The molecule has 0 spiro atoms. The van der Waals surface area contributed by atoms with E-state index < -0.39 is 12.0 Å². The maximum atomic E-state index is 12.5. The zero-order valence-corrected chi connectivity index (χ0v) is 13.2. The van der Waals surface area contributed by atoms with Crippen LogP contribution in [0.4, 0.5) is 0 Å². The summed E-state index contributed by atoms with van der Waals surface area (Å²) in [5, 5.41) is 0. The Hall–Kier alpha value is -2.17.